The molecule has 33 heavy (non-hydrogen) atoms. The van der Waals surface area contributed by atoms with Gasteiger partial charge in [0.25, 0.3) is 0 Å². The van der Waals surface area contributed by atoms with Crippen LogP contribution in [0.1, 0.15) is 73.6 Å². The molecule has 0 unspecified atom stereocenters. The van der Waals surface area contributed by atoms with Crippen molar-refractivity contribution in [2.24, 2.45) is 5.41 Å². The summed E-state index contributed by atoms with van der Waals surface area (Å²) in [5.41, 5.74) is -0.293. The molecular weight excluding hydrogens is 460 g/mol. The van der Waals surface area contributed by atoms with Gasteiger partial charge >= 0.3 is 6.09 Å². The molecule has 0 heterocycles. The SMILES string of the molecule is CC(C)(C)CCC(=O)NCCSSCCNC(=O)CCNCCCCNC(=O)OC(C)(C)C. The standard InChI is InChI=1S/C23H46N4O4S2/c1-22(2,3)11-9-19(28)25-15-17-32-33-18-16-26-20(29)10-14-24-12-7-8-13-27-21(30)31-23(4,5)6/h24H,7-18H2,1-6H3,(H,25,28)(H,26,29)(H,27,30). The van der Waals surface area contributed by atoms with Crippen LogP contribution >= 0.6 is 21.6 Å². The lowest BCUT2D eigenvalue weighted by Gasteiger charge is -2.19. The Labute approximate surface area is 208 Å². The molecule has 0 aromatic carbocycles. The first kappa shape index (κ1) is 31.9. The van der Waals surface area contributed by atoms with Gasteiger partial charge in [-0.1, -0.05) is 42.4 Å². The second-order valence-electron chi connectivity index (χ2n) is 10.0. The minimum Gasteiger partial charge on any atom is -0.444 e. The van der Waals surface area contributed by atoms with Gasteiger partial charge in [-0.2, -0.15) is 0 Å². The number of unbranched alkanes of at least 4 members (excludes halogenated alkanes) is 1. The van der Waals surface area contributed by atoms with E-state index in [1.807, 2.05) is 20.8 Å². The molecule has 0 aliphatic rings. The molecule has 0 aromatic heterocycles. The molecule has 194 valence electrons. The first-order valence-corrected chi connectivity index (χ1v) is 14.3. The summed E-state index contributed by atoms with van der Waals surface area (Å²) < 4.78 is 5.17. The molecule has 0 atom stereocenters. The van der Waals surface area contributed by atoms with E-state index >= 15 is 0 Å². The van der Waals surface area contributed by atoms with Crippen LogP contribution in [0, 0.1) is 5.41 Å². The van der Waals surface area contributed by atoms with Gasteiger partial charge in [0.2, 0.25) is 11.8 Å². The number of carbonyl (C=O) groups is 3. The molecular formula is C23H46N4O4S2. The van der Waals surface area contributed by atoms with Crippen LogP contribution in [0.15, 0.2) is 0 Å². The molecule has 0 aliphatic carbocycles. The van der Waals surface area contributed by atoms with Crippen LogP contribution in [0.5, 0.6) is 0 Å². The van der Waals surface area contributed by atoms with E-state index in [-0.39, 0.29) is 23.3 Å². The van der Waals surface area contributed by atoms with Crippen molar-refractivity contribution in [3.63, 3.8) is 0 Å². The van der Waals surface area contributed by atoms with E-state index < -0.39 is 5.60 Å². The molecule has 10 heteroatoms. The van der Waals surface area contributed by atoms with E-state index in [0.29, 0.717) is 39.0 Å². The van der Waals surface area contributed by atoms with Crippen molar-refractivity contribution in [3.8, 4) is 0 Å². The predicted molar refractivity (Wildman–Crippen MR) is 141 cm³/mol. The Hall–Kier alpha value is -1.13. The summed E-state index contributed by atoms with van der Waals surface area (Å²) in [7, 11) is 3.41. The van der Waals surface area contributed by atoms with Crippen molar-refractivity contribution in [2.75, 3.05) is 44.2 Å². The fourth-order valence-electron chi connectivity index (χ4n) is 2.45. The quantitative estimate of drug-likeness (QED) is 0.176. The maximum atomic E-state index is 11.8. The summed E-state index contributed by atoms with van der Waals surface area (Å²) in [6, 6.07) is 0. The number of alkyl carbamates (subject to hydrolysis) is 1. The number of nitrogens with one attached hydrogen (secondary N) is 4. The van der Waals surface area contributed by atoms with Crippen LogP contribution in [0.2, 0.25) is 0 Å². The maximum Gasteiger partial charge on any atom is 0.407 e. The lowest BCUT2D eigenvalue weighted by molar-refractivity contribution is -0.122. The van der Waals surface area contributed by atoms with Gasteiger partial charge in [-0.25, -0.2) is 4.79 Å². The van der Waals surface area contributed by atoms with Gasteiger partial charge in [0.05, 0.1) is 0 Å². The van der Waals surface area contributed by atoms with Crippen molar-refractivity contribution < 1.29 is 19.1 Å². The maximum absolute atomic E-state index is 11.8. The normalized spacial score (nSPS) is 11.7. The number of hydrogen-bond donors (Lipinski definition) is 4. The van der Waals surface area contributed by atoms with E-state index in [1.54, 1.807) is 21.6 Å². The van der Waals surface area contributed by atoms with E-state index in [4.69, 9.17) is 4.74 Å². The molecule has 0 fully saturated rings. The van der Waals surface area contributed by atoms with Gasteiger partial charge in [-0.15, -0.1) is 0 Å². The predicted octanol–water partition coefficient (Wildman–Crippen LogP) is 3.71. The molecule has 8 nitrogen and oxygen atoms in total. The Morgan fingerprint density at radius 2 is 1.24 bits per heavy atom. The highest BCUT2D eigenvalue weighted by Crippen LogP contribution is 2.21. The number of amides is 3. The van der Waals surface area contributed by atoms with Crippen LogP contribution in [0.4, 0.5) is 4.79 Å². The third kappa shape index (κ3) is 25.3. The average Bonchev–Trinajstić information content (AvgIpc) is 2.68. The van der Waals surface area contributed by atoms with Gasteiger partial charge in [-0.3, -0.25) is 9.59 Å². The highest BCUT2D eigenvalue weighted by molar-refractivity contribution is 8.76. The highest BCUT2D eigenvalue weighted by Gasteiger charge is 2.15. The van der Waals surface area contributed by atoms with Crippen molar-refractivity contribution in [1.82, 2.24) is 21.3 Å². The van der Waals surface area contributed by atoms with Gasteiger partial charge in [-0.05, 0) is 52.0 Å². The number of carbonyl (C=O) groups excluding carboxylic acids is 3. The zero-order valence-corrected chi connectivity index (χ0v) is 23.1. The number of rotatable bonds is 17. The fraction of sp³-hybridized carbons (Fsp3) is 0.870. The molecule has 4 N–H and O–H groups in total. The Balaban J connectivity index is 3.40. The minimum absolute atomic E-state index is 0.0470. The molecule has 0 saturated heterocycles. The average molecular weight is 507 g/mol. The van der Waals surface area contributed by atoms with Crippen molar-refractivity contribution in [3.05, 3.63) is 0 Å². The van der Waals surface area contributed by atoms with Crippen molar-refractivity contribution in [1.29, 1.82) is 0 Å². The lowest BCUT2D eigenvalue weighted by atomic mass is 9.90. The summed E-state index contributed by atoms with van der Waals surface area (Å²) in [5.74, 6) is 1.86. The van der Waals surface area contributed by atoms with Gasteiger partial charge in [0.1, 0.15) is 5.60 Å². The third-order valence-electron chi connectivity index (χ3n) is 4.18. The monoisotopic (exact) mass is 506 g/mol. The molecule has 0 spiro atoms. The molecule has 0 radical (unpaired) electrons. The smallest absolute Gasteiger partial charge is 0.407 e. The lowest BCUT2D eigenvalue weighted by Crippen LogP contribution is -2.33. The summed E-state index contributed by atoms with van der Waals surface area (Å²) in [5, 5.41) is 11.8. The topological polar surface area (TPSA) is 109 Å². The van der Waals surface area contributed by atoms with Crippen LogP contribution in [-0.2, 0) is 14.3 Å². The molecule has 0 bridgehead atoms. The Kier molecular flexibility index (Phi) is 17.6. The zero-order chi connectivity index (χ0) is 25.2. The summed E-state index contributed by atoms with van der Waals surface area (Å²) >= 11 is 0. The Morgan fingerprint density at radius 1 is 0.697 bits per heavy atom. The summed E-state index contributed by atoms with van der Waals surface area (Å²) in [6.45, 7) is 15.3. The fourth-order valence-corrected chi connectivity index (χ4v) is 4.27. The van der Waals surface area contributed by atoms with Gasteiger partial charge < -0.3 is 26.0 Å². The van der Waals surface area contributed by atoms with E-state index in [1.165, 1.54) is 0 Å². The van der Waals surface area contributed by atoms with Crippen LogP contribution in [0.3, 0.4) is 0 Å². The highest BCUT2D eigenvalue weighted by atomic mass is 33.1. The second kappa shape index (κ2) is 18.2. The second-order valence-corrected chi connectivity index (χ2v) is 12.7. The Bertz CT molecular complexity index is 564. The minimum atomic E-state index is -0.478. The Morgan fingerprint density at radius 3 is 1.79 bits per heavy atom. The molecule has 0 aliphatic heterocycles. The number of hydrogen-bond acceptors (Lipinski definition) is 7. The van der Waals surface area contributed by atoms with Crippen LogP contribution < -0.4 is 21.3 Å². The number of ether oxygens (including phenoxy) is 1. The summed E-state index contributed by atoms with van der Waals surface area (Å²) in [6.07, 6.45) is 3.31. The molecule has 0 aromatic rings. The summed E-state index contributed by atoms with van der Waals surface area (Å²) in [4.78, 5) is 35.1. The largest absolute Gasteiger partial charge is 0.444 e. The van der Waals surface area contributed by atoms with E-state index in [0.717, 1.165) is 37.3 Å². The molecule has 0 rings (SSSR count). The van der Waals surface area contributed by atoms with Crippen molar-refractivity contribution in [2.45, 2.75) is 79.2 Å². The van der Waals surface area contributed by atoms with Crippen LogP contribution in [-0.4, -0.2) is 67.7 Å². The van der Waals surface area contributed by atoms with Crippen molar-refractivity contribution >= 4 is 39.5 Å². The zero-order valence-electron chi connectivity index (χ0n) is 21.4. The van der Waals surface area contributed by atoms with E-state index in [9.17, 15) is 14.4 Å². The molecule has 3 amide bonds. The van der Waals surface area contributed by atoms with Gasteiger partial charge in [0.15, 0.2) is 0 Å². The first-order chi connectivity index (χ1) is 15.4. The third-order valence-corrected chi connectivity index (χ3v) is 6.59. The first-order valence-electron chi connectivity index (χ1n) is 11.8. The van der Waals surface area contributed by atoms with E-state index in [2.05, 4.69) is 42.0 Å². The van der Waals surface area contributed by atoms with Crippen LogP contribution in [0.25, 0.3) is 0 Å². The van der Waals surface area contributed by atoms with Gasteiger partial charge in [0, 0.05) is 50.5 Å². The molecule has 0 saturated carbocycles.